The standard InChI is InChI=1S/C18H26N2O3/c1-4-11-23-16-7-5-15(12-17(16)22-3)6-8-18(21)20-10-9-19-13-14(20)2/h5-8,12,14,19H,4,9-11,13H2,1-3H3. The fraction of sp³-hybridized carbons (Fsp3) is 0.500. The minimum Gasteiger partial charge on any atom is -0.493 e. The second-order valence-corrected chi connectivity index (χ2v) is 5.68. The molecule has 1 saturated heterocycles. The van der Waals surface area contributed by atoms with Crippen molar-refractivity contribution < 1.29 is 14.3 Å². The van der Waals surface area contributed by atoms with Crippen molar-refractivity contribution in [3.05, 3.63) is 29.8 Å². The van der Waals surface area contributed by atoms with Gasteiger partial charge in [-0.1, -0.05) is 13.0 Å². The zero-order valence-electron chi connectivity index (χ0n) is 14.2. The number of carbonyl (C=O) groups is 1. The Balaban J connectivity index is 2.05. The monoisotopic (exact) mass is 318 g/mol. The largest absolute Gasteiger partial charge is 0.493 e. The molecule has 1 unspecified atom stereocenters. The molecule has 126 valence electrons. The summed E-state index contributed by atoms with van der Waals surface area (Å²) in [6.45, 7) is 7.22. The van der Waals surface area contributed by atoms with E-state index in [0.29, 0.717) is 12.4 Å². The molecule has 0 radical (unpaired) electrons. The number of nitrogens with zero attached hydrogens (tertiary/aromatic N) is 1. The maximum atomic E-state index is 12.3. The highest BCUT2D eigenvalue weighted by atomic mass is 16.5. The van der Waals surface area contributed by atoms with Crippen LogP contribution >= 0.6 is 0 Å². The zero-order chi connectivity index (χ0) is 16.7. The molecule has 0 spiro atoms. The van der Waals surface area contributed by atoms with Crippen molar-refractivity contribution in [3.63, 3.8) is 0 Å². The van der Waals surface area contributed by atoms with Crippen LogP contribution in [0.1, 0.15) is 25.8 Å². The number of amides is 1. The average Bonchev–Trinajstić information content (AvgIpc) is 2.58. The van der Waals surface area contributed by atoms with Crippen molar-refractivity contribution in [2.45, 2.75) is 26.3 Å². The number of nitrogens with one attached hydrogen (secondary N) is 1. The van der Waals surface area contributed by atoms with Gasteiger partial charge in [0.05, 0.1) is 13.7 Å². The molecular weight excluding hydrogens is 292 g/mol. The van der Waals surface area contributed by atoms with E-state index in [1.807, 2.05) is 29.2 Å². The molecule has 1 amide bonds. The minimum absolute atomic E-state index is 0.0456. The number of hydrogen-bond acceptors (Lipinski definition) is 4. The van der Waals surface area contributed by atoms with Gasteiger partial charge in [-0.25, -0.2) is 0 Å². The van der Waals surface area contributed by atoms with Crippen LogP contribution in [0.2, 0.25) is 0 Å². The molecule has 5 nitrogen and oxygen atoms in total. The summed E-state index contributed by atoms with van der Waals surface area (Å²) < 4.78 is 11.0. The predicted molar refractivity (Wildman–Crippen MR) is 91.9 cm³/mol. The zero-order valence-corrected chi connectivity index (χ0v) is 14.2. The summed E-state index contributed by atoms with van der Waals surface area (Å²) in [6, 6.07) is 5.92. The molecule has 23 heavy (non-hydrogen) atoms. The maximum Gasteiger partial charge on any atom is 0.246 e. The van der Waals surface area contributed by atoms with Crippen LogP contribution < -0.4 is 14.8 Å². The van der Waals surface area contributed by atoms with E-state index < -0.39 is 0 Å². The van der Waals surface area contributed by atoms with Crippen LogP contribution in [0.25, 0.3) is 6.08 Å². The van der Waals surface area contributed by atoms with E-state index >= 15 is 0 Å². The van der Waals surface area contributed by atoms with Crippen molar-refractivity contribution in [3.8, 4) is 11.5 Å². The highest BCUT2D eigenvalue weighted by Crippen LogP contribution is 2.28. The van der Waals surface area contributed by atoms with Crippen LogP contribution in [-0.2, 0) is 4.79 Å². The lowest BCUT2D eigenvalue weighted by molar-refractivity contribution is -0.128. The molecular formula is C18H26N2O3. The van der Waals surface area contributed by atoms with Crippen molar-refractivity contribution >= 4 is 12.0 Å². The fourth-order valence-corrected chi connectivity index (χ4v) is 2.55. The topological polar surface area (TPSA) is 50.8 Å². The molecule has 5 heteroatoms. The van der Waals surface area contributed by atoms with Gasteiger partial charge in [-0.2, -0.15) is 0 Å². The number of hydrogen-bond donors (Lipinski definition) is 1. The fourth-order valence-electron chi connectivity index (χ4n) is 2.55. The second-order valence-electron chi connectivity index (χ2n) is 5.68. The highest BCUT2D eigenvalue weighted by molar-refractivity contribution is 5.92. The molecule has 1 aromatic rings. The molecule has 1 heterocycles. The number of carbonyl (C=O) groups excluding carboxylic acids is 1. The van der Waals surface area contributed by atoms with Crippen LogP contribution in [0.5, 0.6) is 11.5 Å². The van der Waals surface area contributed by atoms with Gasteiger partial charge in [0.2, 0.25) is 5.91 Å². The minimum atomic E-state index is 0.0456. The molecule has 0 saturated carbocycles. The van der Waals surface area contributed by atoms with Crippen molar-refractivity contribution in [2.24, 2.45) is 0 Å². The number of rotatable bonds is 6. The molecule has 0 aromatic heterocycles. The van der Waals surface area contributed by atoms with Gasteiger partial charge >= 0.3 is 0 Å². The average molecular weight is 318 g/mol. The summed E-state index contributed by atoms with van der Waals surface area (Å²) in [5.41, 5.74) is 0.918. The molecule has 1 aliphatic rings. The molecule has 1 aromatic carbocycles. The molecule has 1 aliphatic heterocycles. The van der Waals surface area contributed by atoms with E-state index in [2.05, 4.69) is 19.2 Å². The molecule has 0 bridgehead atoms. The first-order chi connectivity index (χ1) is 11.2. The lowest BCUT2D eigenvalue weighted by Crippen LogP contribution is -2.51. The van der Waals surface area contributed by atoms with Crippen LogP contribution in [0, 0.1) is 0 Å². The Hall–Kier alpha value is -2.01. The number of ether oxygens (including phenoxy) is 2. The van der Waals surface area contributed by atoms with E-state index in [-0.39, 0.29) is 11.9 Å². The summed E-state index contributed by atoms with van der Waals surface area (Å²) in [5, 5.41) is 3.28. The van der Waals surface area contributed by atoms with E-state index in [9.17, 15) is 4.79 Å². The molecule has 1 fully saturated rings. The first kappa shape index (κ1) is 17.3. The Morgan fingerprint density at radius 2 is 2.26 bits per heavy atom. The third-order valence-electron chi connectivity index (χ3n) is 3.85. The molecule has 0 aliphatic carbocycles. The van der Waals surface area contributed by atoms with Crippen LogP contribution in [-0.4, -0.2) is 50.2 Å². The normalized spacial score (nSPS) is 18.2. The van der Waals surface area contributed by atoms with Crippen molar-refractivity contribution in [2.75, 3.05) is 33.4 Å². The Morgan fingerprint density at radius 3 is 2.96 bits per heavy atom. The van der Waals surface area contributed by atoms with E-state index in [4.69, 9.17) is 9.47 Å². The predicted octanol–water partition coefficient (Wildman–Crippen LogP) is 2.32. The van der Waals surface area contributed by atoms with E-state index in [1.165, 1.54) is 0 Å². The SMILES string of the molecule is CCCOc1ccc(C=CC(=O)N2CCNCC2C)cc1OC. The Bertz CT molecular complexity index is 557. The Kier molecular flexibility index (Phi) is 6.47. The highest BCUT2D eigenvalue weighted by Gasteiger charge is 2.20. The molecule has 2 rings (SSSR count). The summed E-state index contributed by atoms with van der Waals surface area (Å²) in [5.74, 6) is 1.46. The van der Waals surface area contributed by atoms with E-state index in [0.717, 1.165) is 37.4 Å². The van der Waals surface area contributed by atoms with Gasteiger partial charge in [0.1, 0.15) is 0 Å². The Morgan fingerprint density at radius 1 is 1.43 bits per heavy atom. The third kappa shape index (κ3) is 4.73. The summed E-state index contributed by atoms with van der Waals surface area (Å²) in [4.78, 5) is 14.2. The maximum absolute atomic E-state index is 12.3. The van der Waals surface area contributed by atoms with Crippen molar-refractivity contribution in [1.29, 1.82) is 0 Å². The number of benzene rings is 1. The molecule has 1 atom stereocenters. The van der Waals surface area contributed by atoms with Crippen LogP contribution in [0.3, 0.4) is 0 Å². The second kappa shape index (κ2) is 8.58. The van der Waals surface area contributed by atoms with Gasteiger partial charge < -0.3 is 19.7 Å². The summed E-state index contributed by atoms with van der Waals surface area (Å²) in [6.07, 6.45) is 4.40. The lowest BCUT2D eigenvalue weighted by Gasteiger charge is -2.33. The van der Waals surface area contributed by atoms with Crippen molar-refractivity contribution in [1.82, 2.24) is 10.2 Å². The quantitative estimate of drug-likeness (QED) is 0.818. The van der Waals surface area contributed by atoms with Gasteiger partial charge in [0, 0.05) is 31.8 Å². The number of piperazine rings is 1. The number of methoxy groups -OCH3 is 1. The third-order valence-corrected chi connectivity index (χ3v) is 3.85. The van der Waals surface area contributed by atoms with Gasteiger partial charge in [0.25, 0.3) is 0 Å². The first-order valence-electron chi connectivity index (χ1n) is 8.16. The van der Waals surface area contributed by atoms with Gasteiger partial charge in [-0.05, 0) is 37.1 Å². The van der Waals surface area contributed by atoms with Gasteiger partial charge in [-0.15, -0.1) is 0 Å². The van der Waals surface area contributed by atoms with Crippen LogP contribution in [0.15, 0.2) is 24.3 Å². The van der Waals surface area contributed by atoms with Gasteiger partial charge in [0.15, 0.2) is 11.5 Å². The van der Waals surface area contributed by atoms with Gasteiger partial charge in [-0.3, -0.25) is 4.79 Å². The Labute approximate surface area is 138 Å². The summed E-state index contributed by atoms with van der Waals surface area (Å²) >= 11 is 0. The molecule has 1 N–H and O–H groups in total. The smallest absolute Gasteiger partial charge is 0.246 e. The lowest BCUT2D eigenvalue weighted by atomic mass is 10.1. The summed E-state index contributed by atoms with van der Waals surface area (Å²) in [7, 11) is 1.62. The first-order valence-corrected chi connectivity index (χ1v) is 8.16. The van der Waals surface area contributed by atoms with E-state index in [1.54, 1.807) is 13.2 Å². The van der Waals surface area contributed by atoms with Crippen LogP contribution in [0.4, 0.5) is 0 Å².